The molecule has 0 spiro atoms. The van der Waals surface area contributed by atoms with Crippen molar-refractivity contribution in [2.45, 2.75) is 32.2 Å². The van der Waals surface area contributed by atoms with Crippen molar-refractivity contribution in [2.24, 2.45) is 5.92 Å². The Balaban J connectivity index is 2.32. The minimum Gasteiger partial charge on any atom is -0.317 e. The van der Waals surface area contributed by atoms with Crippen molar-refractivity contribution in [1.29, 1.82) is 5.26 Å². The summed E-state index contributed by atoms with van der Waals surface area (Å²) in [5, 5.41) is 12.9. The smallest absolute Gasteiger partial charge is 0.0995 e. The molecule has 3 heteroatoms. The van der Waals surface area contributed by atoms with Crippen LogP contribution in [0.4, 0.5) is 0 Å². The van der Waals surface area contributed by atoms with E-state index in [-0.39, 0.29) is 0 Å². The molecule has 0 amide bonds. The van der Waals surface area contributed by atoms with Gasteiger partial charge in [-0.15, -0.1) is 0 Å². The summed E-state index contributed by atoms with van der Waals surface area (Å²) in [4.78, 5) is 2.44. The zero-order valence-electron chi connectivity index (χ0n) is 12.6. The molecule has 1 N–H and O–H groups in total. The average Bonchev–Trinajstić information content (AvgIpc) is 2.66. The van der Waals surface area contributed by atoms with E-state index in [4.69, 9.17) is 0 Å². The Hall–Kier alpha value is -1.37. The summed E-state index contributed by atoms with van der Waals surface area (Å²) in [6, 6.07) is 10.8. The molecular weight excluding hydrogens is 246 g/mol. The first-order valence-electron chi connectivity index (χ1n) is 7.68. The SMILES string of the molecule is CCNCC1CCCCN(C)C1c1ccccc1C#N. The van der Waals surface area contributed by atoms with E-state index in [1.54, 1.807) is 0 Å². The third-order valence-electron chi connectivity index (χ3n) is 4.31. The Kier molecular flexibility index (Phi) is 5.58. The molecule has 20 heavy (non-hydrogen) atoms. The van der Waals surface area contributed by atoms with Crippen molar-refractivity contribution in [3.63, 3.8) is 0 Å². The minimum atomic E-state index is 0.354. The second-order valence-corrected chi connectivity index (χ2v) is 5.69. The van der Waals surface area contributed by atoms with E-state index in [9.17, 15) is 5.26 Å². The Bertz CT molecular complexity index is 464. The highest BCUT2D eigenvalue weighted by atomic mass is 15.1. The van der Waals surface area contributed by atoms with Gasteiger partial charge in [-0.25, -0.2) is 0 Å². The first-order chi connectivity index (χ1) is 9.77. The number of likely N-dealkylation sites (tertiary alicyclic amines) is 1. The second kappa shape index (κ2) is 7.42. The fraction of sp³-hybridized carbons (Fsp3) is 0.588. The van der Waals surface area contributed by atoms with E-state index in [2.05, 4.69) is 42.4 Å². The lowest BCUT2D eigenvalue weighted by Crippen LogP contribution is -2.35. The highest BCUT2D eigenvalue weighted by Gasteiger charge is 2.30. The van der Waals surface area contributed by atoms with Gasteiger partial charge < -0.3 is 5.32 Å². The van der Waals surface area contributed by atoms with Crippen LogP contribution in [-0.2, 0) is 0 Å². The number of hydrogen-bond acceptors (Lipinski definition) is 3. The first-order valence-corrected chi connectivity index (χ1v) is 7.68. The van der Waals surface area contributed by atoms with Gasteiger partial charge in [0.1, 0.15) is 0 Å². The van der Waals surface area contributed by atoms with Crippen LogP contribution in [0.3, 0.4) is 0 Å². The van der Waals surface area contributed by atoms with E-state index in [1.807, 2.05) is 12.1 Å². The van der Waals surface area contributed by atoms with E-state index in [0.29, 0.717) is 12.0 Å². The number of nitrogens with one attached hydrogen (secondary N) is 1. The van der Waals surface area contributed by atoms with Gasteiger partial charge in [-0.05, 0) is 57.1 Å². The summed E-state index contributed by atoms with van der Waals surface area (Å²) in [5.41, 5.74) is 2.02. The molecule has 0 saturated carbocycles. The highest BCUT2D eigenvalue weighted by Crippen LogP contribution is 2.35. The molecule has 3 nitrogen and oxygen atoms in total. The molecule has 1 fully saturated rings. The van der Waals surface area contributed by atoms with E-state index < -0.39 is 0 Å². The monoisotopic (exact) mass is 271 g/mol. The van der Waals surface area contributed by atoms with Crippen LogP contribution in [0.25, 0.3) is 0 Å². The van der Waals surface area contributed by atoms with Gasteiger partial charge in [-0.2, -0.15) is 5.26 Å². The number of hydrogen-bond donors (Lipinski definition) is 1. The summed E-state index contributed by atoms with van der Waals surface area (Å²) in [6.45, 7) is 5.31. The molecule has 0 radical (unpaired) electrons. The third kappa shape index (κ3) is 3.39. The van der Waals surface area contributed by atoms with Crippen LogP contribution in [0.5, 0.6) is 0 Å². The van der Waals surface area contributed by atoms with Crippen molar-refractivity contribution >= 4 is 0 Å². The lowest BCUT2D eigenvalue weighted by atomic mass is 9.87. The van der Waals surface area contributed by atoms with E-state index in [1.165, 1.54) is 24.8 Å². The van der Waals surface area contributed by atoms with Crippen LogP contribution < -0.4 is 5.32 Å². The Labute approximate surface area is 122 Å². The molecule has 1 aliphatic heterocycles. The standard InChI is InChI=1S/C17H25N3/c1-3-19-13-15-9-6-7-11-20(2)17(15)16-10-5-4-8-14(16)12-18/h4-5,8,10,15,17,19H,3,6-7,9,11,13H2,1-2H3. The number of benzene rings is 1. The summed E-state index contributed by atoms with van der Waals surface area (Å²) in [6.07, 6.45) is 3.78. The fourth-order valence-electron chi connectivity index (χ4n) is 3.32. The summed E-state index contributed by atoms with van der Waals surface area (Å²) in [5.74, 6) is 0.581. The molecular formula is C17H25N3. The Morgan fingerprint density at radius 2 is 2.15 bits per heavy atom. The normalized spacial score (nSPS) is 24.1. The molecule has 0 bridgehead atoms. The predicted octanol–water partition coefficient (Wildman–Crippen LogP) is 2.94. The van der Waals surface area contributed by atoms with Gasteiger partial charge in [0.05, 0.1) is 11.6 Å². The fourth-order valence-corrected chi connectivity index (χ4v) is 3.32. The summed E-state index contributed by atoms with van der Waals surface area (Å²) in [7, 11) is 2.20. The topological polar surface area (TPSA) is 39.1 Å². The molecule has 0 aromatic heterocycles. The lowest BCUT2D eigenvalue weighted by molar-refractivity contribution is 0.189. The molecule has 1 heterocycles. The van der Waals surface area contributed by atoms with E-state index >= 15 is 0 Å². The van der Waals surface area contributed by atoms with Gasteiger partial charge in [-0.3, -0.25) is 4.90 Å². The molecule has 1 saturated heterocycles. The highest BCUT2D eigenvalue weighted by molar-refractivity contribution is 5.39. The molecule has 1 aromatic rings. The van der Waals surface area contributed by atoms with Crippen LogP contribution in [-0.4, -0.2) is 31.6 Å². The molecule has 2 rings (SSSR count). The van der Waals surface area contributed by atoms with Crippen molar-refractivity contribution in [3.05, 3.63) is 35.4 Å². The molecule has 1 aromatic carbocycles. The van der Waals surface area contributed by atoms with Gasteiger partial charge in [0.2, 0.25) is 0 Å². The maximum atomic E-state index is 9.38. The molecule has 2 unspecified atom stereocenters. The van der Waals surface area contributed by atoms with Gasteiger partial charge in [0.25, 0.3) is 0 Å². The minimum absolute atomic E-state index is 0.354. The first kappa shape index (κ1) is 15.0. The average molecular weight is 271 g/mol. The number of rotatable bonds is 4. The summed E-state index contributed by atoms with van der Waals surface area (Å²) >= 11 is 0. The number of nitriles is 1. The van der Waals surface area contributed by atoms with Crippen LogP contribution in [0.2, 0.25) is 0 Å². The van der Waals surface area contributed by atoms with Crippen LogP contribution >= 0.6 is 0 Å². The second-order valence-electron chi connectivity index (χ2n) is 5.69. The van der Waals surface area contributed by atoms with Gasteiger partial charge in [0.15, 0.2) is 0 Å². The molecule has 0 aliphatic carbocycles. The zero-order chi connectivity index (χ0) is 14.4. The molecule has 2 atom stereocenters. The van der Waals surface area contributed by atoms with Gasteiger partial charge in [0, 0.05) is 6.04 Å². The predicted molar refractivity (Wildman–Crippen MR) is 82.4 cm³/mol. The summed E-state index contributed by atoms with van der Waals surface area (Å²) < 4.78 is 0. The van der Waals surface area contributed by atoms with Crippen molar-refractivity contribution in [3.8, 4) is 6.07 Å². The van der Waals surface area contributed by atoms with Crippen molar-refractivity contribution in [2.75, 3.05) is 26.7 Å². The lowest BCUT2D eigenvalue weighted by Gasteiger charge is -2.33. The Morgan fingerprint density at radius 3 is 2.90 bits per heavy atom. The van der Waals surface area contributed by atoms with Crippen LogP contribution in [0.1, 0.15) is 43.4 Å². The maximum absolute atomic E-state index is 9.38. The van der Waals surface area contributed by atoms with Crippen LogP contribution in [0, 0.1) is 17.2 Å². The van der Waals surface area contributed by atoms with Crippen molar-refractivity contribution in [1.82, 2.24) is 10.2 Å². The van der Waals surface area contributed by atoms with Crippen molar-refractivity contribution < 1.29 is 0 Å². The molecule has 1 aliphatic rings. The number of nitrogens with zero attached hydrogens (tertiary/aromatic N) is 2. The Morgan fingerprint density at radius 1 is 1.35 bits per heavy atom. The van der Waals surface area contributed by atoms with Gasteiger partial charge >= 0.3 is 0 Å². The maximum Gasteiger partial charge on any atom is 0.0995 e. The van der Waals surface area contributed by atoms with E-state index in [0.717, 1.165) is 25.2 Å². The largest absolute Gasteiger partial charge is 0.317 e. The molecule has 108 valence electrons. The quantitative estimate of drug-likeness (QED) is 0.915. The third-order valence-corrected chi connectivity index (χ3v) is 4.31. The van der Waals surface area contributed by atoms with Crippen LogP contribution in [0.15, 0.2) is 24.3 Å². The van der Waals surface area contributed by atoms with Gasteiger partial charge in [-0.1, -0.05) is 31.5 Å². The zero-order valence-corrected chi connectivity index (χ0v) is 12.6.